The maximum Gasteiger partial charge on any atom is 3.00 e. The third kappa shape index (κ3) is 41.4. The molecule has 0 spiro atoms. The summed E-state index contributed by atoms with van der Waals surface area (Å²) in [5.41, 5.74) is 0. The van der Waals surface area contributed by atoms with Crippen LogP contribution in [-0.4, -0.2) is 55.4 Å². The molecule has 0 aromatic rings. The number of rotatable bonds is 0. The number of ether oxygens (including phenoxy) is 6. The van der Waals surface area contributed by atoms with Crippen molar-refractivity contribution in [3.8, 4) is 0 Å². The van der Waals surface area contributed by atoms with Gasteiger partial charge in [-0.25, -0.2) is 14.4 Å². The Balaban J connectivity index is -0.000000110. The first-order valence-corrected chi connectivity index (χ1v) is 5.51. The fourth-order valence-corrected chi connectivity index (χ4v) is 0.471. The maximum atomic E-state index is 9.78. The van der Waals surface area contributed by atoms with E-state index in [1.807, 2.05) is 0 Å². The van der Waals surface area contributed by atoms with Crippen LogP contribution in [0.15, 0.2) is 0 Å². The molecule has 23 heteroatoms. The molecule has 0 rings (SSSR count). The minimum absolute atomic E-state index is 0. The van der Waals surface area contributed by atoms with Crippen molar-refractivity contribution in [1.82, 2.24) is 0 Å². The van der Waals surface area contributed by atoms with Gasteiger partial charge in [-0.2, -0.15) is 0 Å². The quantitative estimate of drug-likeness (QED) is 0.127. The van der Waals surface area contributed by atoms with E-state index in [0.717, 1.165) is 0 Å². The zero-order valence-electron chi connectivity index (χ0n) is 14.2. The van der Waals surface area contributed by atoms with Gasteiger partial charge >= 0.3 is 89.7 Å². The molecule has 0 aromatic carbocycles. The average Bonchev–Trinajstić information content (AvgIpc) is 2.42. The van der Waals surface area contributed by atoms with Gasteiger partial charge in [-0.3, -0.25) is 0 Å². The average molecular weight is 722 g/mol. The number of carbonyl (C=O) groups is 9. The van der Waals surface area contributed by atoms with Crippen molar-refractivity contribution >= 4 is 55.4 Å². The Morgan fingerprint density at radius 1 is 0.312 bits per heavy atom. The second-order valence-electron chi connectivity index (χ2n) is 2.86. The monoisotopic (exact) mass is 722 g/mol. The first-order chi connectivity index (χ1) is 13.6. The first-order valence-electron chi connectivity index (χ1n) is 5.51. The van der Waals surface area contributed by atoms with E-state index in [9.17, 15) is 73.8 Å². The van der Waals surface area contributed by atoms with Gasteiger partial charge in [0, 0.05) is 0 Å². The van der Waals surface area contributed by atoms with Crippen LogP contribution in [-0.2, 0) is 28.4 Å². The Hall–Kier alpha value is -2.98. The van der Waals surface area contributed by atoms with Crippen molar-refractivity contribution < 1.29 is 173 Å². The molecule has 21 nitrogen and oxygen atoms in total. The molecule has 168 valence electrons. The minimum atomic E-state index is -2.20. The summed E-state index contributed by atoms with van der Waals surface area (Å²) in [5, 5.41) is 56.1. The summed E-state index contributed by atoms with van der Waals surface area (Å²) in [6.07, 6.45) is -19.0. The van der Waals surface area contributed by atoms with Crippen molar-refractivity contribution in [2.45, 2.75) is 0 Å². The predicted octanol–water partition coefficient (Wildman–Crippen LogP) is -6.52. The molecule has 0 heterocycles. The molecule has 0 aliphatic heterocycles. The second-order valence-corrected chi connectivity index (χ2v) is 2.86. The molecule has 0 saturated carbocycles. The molecule has 0 aromatic heterocycles. The summed E-state index contributed by atoms with van der Waals surface area (Å²) in [6, 6.07) is 0. The van der Waals surface area contributed by atoms with Crippen molar-refractivity contribution in [3.05, 3.63) is 0 Å². The van der Waals surface area contributed by atoms with Gasteiger partial charge in [0.2, 0.25) is 0 Å². The van der Waals surface area contributed by atoms with E-state index in [-0.39, 0.29) is 71.2 Å². The molecule has 0 atom stereocenters. The zero-order chi connectivity index (χ0) is 24.4. The van der Waals surface area contributed by atoms with E-state index < -0.39 is 55.4 Å². The number of carboxylic acid groups (broad SMARTS) is 6. The Morgan fingerprint density at radius 2 is 0.406 bits per heavy atom. The molecule has 0 aliphatic rings. The van der Waals surface area contributed by atoms with Crippen molar-refractivity contribution in [2.24, 2.45) is 0 Å². The van der Waals surface area contributed by atoms with Crippen molar-refractivity contribution in [3.63, 3.8) is 0 Å². The third-order valence-corrected chi connectivity index (χ3v) is 1.000. The van der Waals surface area contributed by atoms with Crippen LogP contribution in [0.1, 0.15) is 0 Å². The first kappa shape index (κ1) is 39.5. The molecule has 0 bridgehead atoms. The Morgan fingerprint density at radius 3 is 0.469 bits per heavy atom. The topological polar surface area (TPSA) is 347 Å². The van der Waals surface area contributed by atoms with Gasteiger partial charge in [0.05, 0.1) is 0 Å². The standard InChI is InChI=1S/3C3H2O7.2La/c3*4-1(5)9-3(8)10-2(6)7;;/h3*(H,4,5)(H,6,7);;/q;;;2*+3/p-6. The van der Waals surface area contributed by atoms with E-state index in [1.165, 1.54) is 0 Å². The van der Waals surface area contributed by atoms with Crippen LogP contribution in [0.2, 0.25) is 0 Å². The summed E-state index contributed by atoms with van der Waals surface area (Å²) in [7, 11) is 0. The molecule has 0 radical (unpaired) electrons. The van der Waals surface area contributed by atoms with E-state index in [0.29, 0.717) is 0 Å². The number of hydrogen-bond acceptors (Lipinski definition) is 21. The van der Waals surface area contributed by atoms with E-state index >= 15 is 0 Å². The molecule has 32 heavy (non-hydrogen) atoms. The largest absolute Gasteiger partial charge is 3.00 e. The third-order valence-electron chi connectivity index (χ3n) is 1.000. The van der Waals surface area contributed by atoms with Crippen LogP contribution in [0, 0.1) is 71.2 Å². The molecule has 0 saturated heterocycles. The van der Waals surface area contributed by atoms with E-state index in [4.69, 9.17) is 0 Å². The summed E-state index contributed by atoms with van der Waals surface area (Å²) in [5.74, 6) is 0. The maximum absolute atomic E-state index is 9.78. The molecular formula is C9La2O21. The molecule has 0 aliphatic carbocycles. The summed E-state index contributed by atoms with van der Waals surface area (Å²) >= 11 is 0. The number of hydrogen-bond donors (Lipinski definition) is 0. The normalized spacial score (nSPS) is 7.50. The van der Waals surface area contributed by atoms with Crippen molar-refractivity contribution in [2.75, 3.05) is 0 Å². The smallest absolute Gasteiger partial charge is 0.467 e. The van der Waals surface area contributed by atoms with Crippen LogP contribution in [0.5, 0.6) is 0 Å². The molecule has 0 unspecified atom stereocenters. The van der Waals surface area contributed by atoms with Crippen LogP contribution in [0.4, 0.5) is 43.2 Å². The molecule has 0 amide bonds. The Labute approximate surface area is 227 Å². The predicted molar refractivity (Wildman–Crippen MR) is 55.1 cm³/mol. The van der Waals surface area contributed by atoms with Gasteiger partial charge < -0.3 is 87.8 Å². The summed E-state index contributed by atoms with van der Waals surface area (Å²) in [4.78, 5) is 85.4. The fraction of sp³-hybridized carbons (Fsp3) is 0. The van der Waals surface area contributed by atoms with Crippen LogP contribution >= 0.6 is 0 Å². The summed E-state index contributed by atoms with van der Waals surface area (Å²) < 4.78 is 18.5. The van der Waals surface area contributed by atoms with Crippen LogP contribution in [0.25, 0.3) is 0 Å². The van der Waals surface area contributed by atoms with Gasteiger partial charge in [0.25, 0.3) is 36.9 Å². The molecular weight excluding hydrogens is 722 g/mol. The zero-order valence-corrected chi connectivity index (χ0v) is 21.5. The van der Waals surface area contributed by atoms with Gasteiger partial charge in [-0.05, 0) is 0 Å². The Kier molecular flexibility index (Phi) is 28.0. The van der Waals surface area contributed by atoms with E-state index in [2.05, 4.69) is 28.4 Å². The number of carbonyl (C=O) groups excluding carboxylic acids is 9. The SMILES string of the molecule is O=C([O-])OC(=O)OC(=O)[O-].O=C([O-])OC(=O)OC(=O)[O-].O=C([O-])OC(=O)OC(=O)[O-].[La+3].[La+3]. The fourth-order valence-electron chi connectivity index (χ4n) is 0.471. The molecule has 0 fully saturated rings. The van der Waals surface area contributed by atoms with Gasteiger partial charge in [-0.1, -0.05) is 0 Å². The van der Waals surface area contributed by atoms with Crippen LogP contribution in [0.3, 0.4) is 0 Å². The second kappa shape index (κ2) is 22.7. The Bertz CT molecular complexity index is 561. The van der Waals surface area contributed by atoms with Crippen LogP contribution < -0.4 is 30.6 Å². The van der Waals surface area contributed by atoms with E-state index in [1.54, 1.807) is 0 Å². The summed E-state index contributed by atoms with van der Waals surface area (Å²) in [6.45, 7) is 0. The van der Waals surface area contributed by atoms with Gasteiger partial charge in [0.15, 0.2) is 0 Å². The van der Waals surface area contributed by atoms with Gasteiger partial charge in [-0.15, -0.1) is 0 Å². The molecule has 0 N–H and O–H groups in total. The minimum Gasteiger partial charge on any atom is -0.467 e. The van der Waals surface area contributed by atoms with Gasteiger partial charge in [0.1, 0.15) is 0 Å². The van der Waals surface area contributed by atoms with Crippen molar-refractivity contribution in [1.29, 1.82) is 0 Å².